The quantitative estimate of drug-likeness (QED) is 0.547. The third kappa shape index (κ3) is 1.64. The molecule has 0 spiro atoms. The first kappa shape index (κ1) is 6.99. The van der Waals surface area contributed by atoms with Crippen molar-refractivity contribution in [2.45, 2.75) is 6.42 Å². The molecule has 1 N–H and O–H groups in total. The van der Waals surface area contributed by atoms with Crippen LogP contribution in [-0.2, 0) is 0 Å². The summed E-state index contributed by atoms with van der Waals surface area (Å²) in [5.41, 5.74) is 0. The Morgan fingerprint density at radius 2 is 2.22 bits per heavy atom. The lowest BCUT2D eigenvalue weighted by Crippen LogP contribution is -2.35. The van der Waals surface area contributed by atoms with Crippen LogP contribution in [0.1, 0.15) is 6.42 Å². The summed E-state index contributed by atoms with van der Waals surface area (Å²) < 4.78 is 0. The van der Waals surface area contributed by atoms with Crippen molar-refractivity contribution < 1.29 is 5.11 Å². The van der Waals surface area contributed by atoms with E-state index in [0.29, 0.717) is 0 Å². The number of β-amino-alcohol motifs (C(OH)–C–C–N with tert-alkyl or cyclic N) is 1. The lowest BCUT2D eigenvalue weighted by atomic mass is 10.5. The predicted molar refractivity (Wildman–Crippen MR) is 35.9 cm³/mol. The smallest absolute Gasteiger partial charge is 0.0572 e. The highest BCUT2D eigenvalue weighted by Crippen LogP contribution is 2.05. The summed E-state index contributed by atoms with van der Waals surface area (Å²) in [6.07, 6.45) is 1.23. The van der Waals surface area contributed by atoms with Crippen molar-refractivity contribution >= 4 is 0 Å². The topological polar surface area (TPSA) is 26.7 Å². The lowest BCUT2D eigenvalue weighted by Gasteiger charge is -2.22. The fourth-order valence-corrected chi connectivity index (χ4v) is 1.19. The van der Waals surface area contributed by atoms with Gasteiger partial charge in [0.15, 0.2) is 0 Å². The zero-order valence-electron chi connectivity index (χ0n) is 5.88. The van der Waals surface area contributed by atoms with Crippen molar-refractivity contribution in [3.8, 4) is 0 Å². The normalized spacial score (nSPS) is 23.3. The van der Waals surface area contributed by atoms with Crippen LogP contribution < -0.4 is 0 Å². The average Bonchev–Trinajstić information content (AvgIpc) is 2.18. The maximum absolute atomic E-state index is 8.58. The molecule has 0 unspecified atom stereocenters. The zero-order chi connectivity index (χ0) is 6.69. The molecule has 0 bridgehead atoms. The maximum atomic E-state index is 8.58. The molecule has 0 amide bonds. The maximum Gasteiger partial charge on any atom is 0.0572 e. The Morgan fingerprint density at radius 1 is 1.44 bits per heavy atom. The van der Waals surface area contributed by atoms with E-state index in [1.807, 2.05) is 0 Å². The van der Waals surface area contributed by atoms with E-state index in [1.54, 1.807) is 0 Å². The monoisotopic (exact) mass is 130 g/mol. The van der Waals surface area contributed by atoms with E-state index < -0.39 is 0 Å². The Hall–Kier alpha value is -0.120. The first-order valence-corrected chi connectivity index (χ1v) is 3.41. The Bertz CT molecular complexity index is 87.1. The number of aliphatic hydroxyl groups excluding tert-OH is 1. The molecule has 9 heavy (non-hydrogen) atoms. The van der Waals surface area contributed by atoms with Gasteiger partial charge in [-0.3, -0.25) is 0 Å². The first-order valence-electron chi connectivity index (χ1n) is 3.41. The van der Waals surface area contributed by atoms with Gasteiger partial charge in [-0.2, -0.15) is 0 Å². The highest BCUT2D eigenvalue weighted by Gasteiger charge is 2.15. The Labute approximate surface area is 55.8 Å². The second-order valence-electron chi connectivity index (χ2n) is 2.41. The number of hydrogen-bond donors (Lipinski definition) is 1. The number of hydrogen-bond acceptors (Lipinski definition) is 3. The fourth-order valence-electron chi connectivity index (χ4n) is 1.19. The van der Waals surface area contributed by atoms with E-state index in [1.165, 1.54) is 6.42 Å². The van der Waals surface area contributed by atoms with E-state index in [4.69, 9.17) is 5.11 Å². The van der Waals surface area contributed by atoms with Crippen LogP contribution in [0.2, 0.25) is 0 Å². The molecule has 1 fully saturated rings. The highest BCUT2D eigenvalue weighted by atomic mass is 16.3. The molecular weight excluding hydrogens is 116 g/mol. The molecule has 1 saturated heterocycles. The van der Waals surface area contributed by atoms with Gasteiger partial charge in [0, 0.05) is 26.7 Å². The largest absolute Gasteiger partial charge is 0.395 e. The van der Waals surface area contributed by atoms with Gasteiger partial charge >= 0.3 is 0 Å². The molecule has 0 radical (unpaired) electrons. The first-order chi connectivity index (χ1) is 4.34. The van der Waals surface area contributed by atoms with E-state index in [0.717, 1.165) is 19.6 Å². The van der Waals surface area contributed by atoms with E-state index in [2.05, 4.69) is 17.1 Å². The van der Waals surface area contributed by atoms with Gasteiger partial charge in [-0.05, 0) is 6.42 Å². The van der Waals surface area contributed by atoms with Crippen molar-refractivity contribution in [1.82, 2.24) is 10.0 Å². The van der Waals surface area contributed by atoms with Crippen molar-refractivity contribution in [3.63, 3.8) is 0 Å². The SMILES string of the molecule is CN1CCCN1CCO. The molecule has 1 heterocycles. The van der Waals surface area contributed by atoms with Gasteiger partial charge in [-0.25, -0.2) is 10.0 Å². The minimum Gasteiger partial charge on any atom is -0.395 e. The van der Waals surface area contributed by atoms with Crippen molar-refractivity contribution in [1.29, 1.82) is 0 Å². The van der Waals surface area contributed by atoms with E-state index in [-0.39, 0.29) is 6.61 Å². The van der Waals surface area contributed by atoms with Gasteiger partial charge in [0.1, 0.15) is 0 Å². The second kappa shape index (κ2) is 3.15. The van der Waals surface area contributed by atoms with Crippen LogP contribution in [0.15, 0.2) is 0 Å². The van der Waals surface area contributed by atoms with Gasteiger partial charge in [0.25, 0.3) is 0 Å². The van der Waals surface area contributed by atoms with Crippen molar-refractivity contribution in [2.75, 3.05) is 33.3 Å². The summed E-state index contributed by atoms with van der Waals surface area (Å²) in [5, 5.41) is 12.9. The van der Waals surface area contributed by atoms with Crippen LogP contribution in [0.3, 0.4) is 0 Å². The molecule has 3 heteroatoms. The fraction of sp³-hybridized carbons (Fsp3) is 1.00. The number of rotatable bonds is 2. The molecule has 0 saturated carbocycles. The minimum atomic E-state index is 0.268. The molecule has 0 aromatic carbocycles. The number of hydrazine groups is 1. The summed E-state index contributed by atoms with van der Waals surface area (Å²) in [7, 11) is 2.06. The van der Waals surface area contributed by atoms with Crippen LogP contribution in [0.5, 0.6) is 0 Å². The summed E-state index contributed by atoms with van der Waals surface area (Å²) in [6.45, 7) is 3.30. The molecule has 1 aliphatic rings. The molecule has 0 atom stereocenters. The number of aliphatic hydroxyl groups is 1. The molecule has 54 valence electrons. The lowest BCUT2D eigenvalue weighted by molar-refractivity contribution is 0.0383. The van der Waals surface area contributed by atoms with Gasteiger partial charge in [0.05, 0.1) is 6.61 Å². The standard InChI is InChI=1S/C6H14N2O/c1-7-3-2-4-8(7)5-6-9/h9H,2-6H2,1H3. The van der Waals surface area contributed by atoms with Crippen LogP contribution >= 0.6 is 0 Å². The average molecular weight is 130 g/mol. The van der Waals surface area contributed by atoms with Crippen LogP contribution in [0.4, 0.5) is 0 Å². The van der Waals surface area contributed by atoms with E-state index in [9.17, 15) is 0 Å². The molecule has 0 aromatic rings. The summed E-state index contributed by atoms with van der Waals surface area (Å²) in [4.78, 5) is 0. The van der Waals surface area contributed by atoms with Gasteiger partial charge in [0.2, 0.25) is 0 Å². The Balaban J connectivity index is 2.22. The Kier molecular flexibility index (Phi) is 2.45. The van der Waals surface area contributed by atoms with Gasteiger partial charge in [-0.15, -0.1) is 0 Å². The molecule has 1 rings (SSSR count). The zero-order valence-corrected chi connectivity index (χ0v) is 5.88. The van der Waals surface area contributed by atoms with Crippen LogP contribution in [0, 0.1) is 0 Å². The third-order valence-corrected chi connectivity index (χ3v) is 1.74. The van der Waals surface area contributed by atoms with Crippen molar-refractivity contribution in [2.24, 2.45) is 0 Å². The number of nitrogens with zero attached hydrogens (tertiary/aromatic N) is 2. The second-order valence-corrected chi connectivity index (χ2v) is 2.41. The minimum absolute atomic E-state index is 0.268. The molecule has 0 aromatic heterocycles. The van der Waals surface area contributed by atoms with Crippen LogP contribution in [0.25, 0.3) is 0 Å². The molecule has 0 aliphatic carbocycles. The third-order valence-electron chi connectivity index (χ3n) is 1.74. The summed E-state index contributed by atoms with van der Waals surface area (Å²) >= 11 is 0. The van der Waals surface area contributed by atoms with Gasteiger partial charge in [-0.1, -0.05) is 0 Å². The molecular formula is C6H14N2O. The Morgan fingerprint density at radius 3 is 2.67 bits per heavy atom. The predicted octanol–water partition coefficient (Wildman–Crippen LogP) is -0.469. The molecule has 1 aliphatic heterocycles. The highest BCUT2D eigenvalue weighted by molar-refractivity contribution is 4.62. The summed E-state index contributed by atoms with van der Waals surface area (Å²) in [5.74, 6) is 0. The van der Waals surface area contributed by atoms with Crippen LogP contribution in [-0.4, -0.2) is 48.4 Å². The summed E-state index contributed by atoms with van der Waals surface area (Å²) in [6, 6.07) is 0. The van der Waals surface area contributed by atoms with Crippen molar-refractivity contribution in [3.05, 3.63) is 0 Å². The molecule has 3 nitrogen and oxygen atoms in total. The van der Waals surface area contributed by atoms with Gasteiger partial charge < -0.3 is 5.11 Å². The van der Waals surface area contributed by atoms with E-state index >= 15 is 0 Å².